The Balaban J connectivity index is 1.45. The van der Waals surface area contributed by atoms with E-state index in [-0.39, 0.29) is 30.7 Å². The number of alkyl halides is 6. The molecule has 0 bridgehead atoms. The molecule has 0 saturated heterocycles. The second kappa shape index (κ2) is 12.0. The molecule has 0 spiro atoms. The molecule has 2 aromatic carbocycles. The molecular weight excluding hydrogens is 594 g/mol. The Bertz CT molecular complexity index is 1620. The molecule has 12 heteroatoms. The lowest BCUT2D eigenvalue weighted by molar-refractivity contribution is -0.143. The summed E-state index contributed by atoms with van der Waals surface area (Å²) in [4.78, 5) is 18.0. The number of anilines is 3. The number of fused-ring (bicyclic) bond motifs is 1. The molecule has 0 radical (unpaired) electrons. The van der Waals surface area contributed by atoms with Gasteiger partial charge in [-0.25, -0.2) is 15.0 Å². The molecule has 0 amide bonds. The van der Waals surface area contributed by atoms with Gasteiger partial charge in [0.15, 0.2) is 0 Å². The highest BCUT2D eigenvalue weighted by Crippen LogP contribution is 2.39. The van der Waals surface area contributed by atoms with Crippen LogP contribution in [0.25, 0.3) is 10.9 Å². The smallest absolute Gasteiger partial charge is 0.386 e. The maximum absolute atomic E-state index is 13.7. The van der Waals surface area contributed by atoms with Crippen molar-refractivity contribution in [2.45, 2.75) is 58.0 Å². The highest BCUT2D eigenvalue weighted by atomic mass is 19.4. The Morgan fingerprint density at radius 1 is 0.800 bits per heavy atom. The molecular formula is C33H34F6N6. The number of pyridine rings is 1. The fourth-order valence-corrected chi connectivity index (χ4v) is 5.59. The molecule has 2 heterocycles. The average Bonchev–Trinajstić information content (AvgIpc) is 3.93. The van der Waals surface area contributed by atoms with E-state index in [1.165, 1.54) is 12.4 Å². The quantitative estimate of drug-likeness (QED) is 0.169. The molecule has 6 rings (SSSR count). The fourth-order valence-electron chi connectivity index (χ4n) is 5.59. The van der Waals surface area contributed by atoms with E-state index in [9.17, 15) is 26.3 Å². The molecule has 1 N–H and O–H groups in total. The van der Waals surface area contributed by atoms with E-state index in [0.717, 1.165) is 78.8 Å². The third kappa shape index (κ3) is 7.42. The Labute approximate surface area is 257 Å². The van der Waals surface area contributed by atoms with Crippen molar-refractivity contribution in [2.75, 3.05) is 35.3 Å². The third-order valence-electron chi connectivity index (χ3n) is 8.35. The Hall–Kier alpha value is -4.09. The monoisotopic (exact) mass is 628 g/mol. The van der Waals surface area contributed by atoms with E-state index in [0.29, 0.717) is 17.5 Å². The van der Waals surface area contributed by atoms with Gasteiger partial charge in [0, 0.05) is 44.2 Å². The minimum absolute atomic E-state index is 0.120. The number of halogens is 6. The molecule has 6 nitrogen and oxygen atoms in total. The minimum Gasteiger partial charge on any atom is -0.386 e. The summed E-state index contributed by atoms with van der Waals surface area (Å²) in [7, 11) is 1.70. The third-order valence-corrected chi connectivity index (χ3v) is 8.35. The average molecular weight is 629 g/mol. The number of benzene rings is 2. The van der Waals surface area contributed by atoms with Gasteiger partial charge in [0.25, 0.3) is 0 Å². The summed E-state index contributed by atoms with van der Waals surface area (Å²) in [6, 6.07) is 9.60. The van der Waals surface area contributed by atoms with Crippen LogP contribution in [0.3, 0.4) is 0 Å². The van der Waals surface area contributed by atoms with Gasteiger partial charge in [-0.2, -0.15) is 26.3 Å². The van der Waals surface area contributed by atoms with Gasteiger partial charge in [-0.05, 0) is 79.8 Å². The number of hydrogen-bond donors (Lipinski definition) is 1. The van der Waals surface area contributed by atoms with Crippen LogP contribution in [0.4, 0.5) is 43.8 Å². The Morgan fingerprint density at radius 2 is 1.40 bits per heavy atom. The first-order valence-electron chi connectivity index (χ1n) is 15.0. The van der Waals surface area contributed by atoms with Crippen LogP contribution in [-0.2, 0) is 25.4 Å². The lowest BCUT2D eigenvalue weighted by Crippen LogP contribution is -2.32. The lowest BCUT2D eigenvalue weighted by Gasteiger charge is -2.30. The first-order valence-corrected chi connectivity index (χ1v) is 15.0. The molecule has 2 saturated carbocycles. The molecule has 0 aliphatic heterocycles. The van der Waals surface area contributed by atoms with Crippen LogP contribution in [0.1, 0.15) is 53.5 Å². The number of rotatable bonds is 11. The van der Waals surface area contributed by atoms with Crippen LogP contribution < -0.4 is 15.1 Å². The Morgan fingerprint density at radius 3 is 1.93 bits per heavy atom. The maximum atomic E-state index is 13.7. The van der Waals surface area contributed by atoms with Crippen LogP contribution in [0.5, 0.6) is 0 Å². The van der Waals surface area contributed by atoms with Crippen LogP contribution in [0.15, 0.2) is 54.9 Å². The molecule has 2 aliphatic rings. The van der Waals surface area contributed by atoms with Gasteiger partial charge in [-0.1, -0.05) is 18.2 Å². The van der Waals surface area contributed by atoms with Crippen LogP contribution in [0, 0.1) is 18.8 Å². The van der Waals surface area contributed by atoms with Gasteiger partial charge < -0.3 is 15.1 Å². The van der Waals surface area contributed by atoms with Crippen molar-refractivity contribution in [1.29, 1.82) is 0 Å². The highest BCUT2D eigenvalue weighted by Gasteiger charge is 2.37. The van der Waals surface area contributed by atoms with Gasteiger partial charge in [0.1, 0.15) is 5.82 Å². The van der Waals surface area contributed by atoms with E-state index < -0.39 is 23.5 Å². The first-order chi connectivity index (χ1) is 21.4. The van der Waals surface area contributed by atoms with Crippen LogP contribution in [-0.4, -0.2) is 35.1 Å². The van der Waals surface area contributed by atoms with Gasteiger partial charge in [-0.15, -0.1) is 0 Å². The van der Waals surface area contributed by atoms with E-state index in [2.05, 4.69) is 20.2 Å². The number of para-hydroxylation sites is 1. The number of nitrogens with one attached hydrogen (secondary N) is 1. The summed E-state index contributed by atoms with van der Waals surface area (Å²) >= 11 is 0. The normalized spacial score (nSPS) is 15.4. The van der Waals surface area contributed by atoms with E-state index in [4.69, 9.17) is 4.98 Å². The lowest BCUT2D eigenvalue weighted by atomic mass is 10.0. The predicted molar refractivity (Wildman–Crippen MR) is 162 cm³/mol. The van der Waals surface area contributed by atoms with Crippen molar-refractivity contribution in [3.63, 3.8) is 0 Å². The van der Waals surface area contributed by atoms with Crippen LogP contribution in [0.2, 0.25) is 0 Å². The zero-order valence-electron chi connectivity index (χ0n) is 25.0. The topological polar surface area (TPSA) is 57.2 Å². The van der Waals surface area contributed by atoms with Gasteiger partial charge in [0.2, 0.25) is 5.95 Å². The van der Waals surface area contributed by atoms with Crippen molar-refractivity contribution < 1.29 is 26.3 Å². The summed E-state index contributed by atoms with van der Waals surface area (Å²) in [5.41, 5.74) is 0.424. The number of hydrogen-bond acceptors (Lipinski definition) is 6. The largest absolute Gasteiger partial charge is 0.416 e. The summed E-state index contributed by atoms with van der Waals surface area (Å²) in [5.74, 6) is 2.11. The molecule has 0 atom stereocenters. The highest BCUT2D eigenvalue weighted by molar-refractivity contribution is 5.84. The molecule has 238 valence electrons. The summed E-state index contributed by atoms with van der Waals surface area (Å²) in [6.45, 7) is 3.53. The predicted octanol–water partition coefficient (Wildman–Crippen LogP) is 8.25. The molecule has 4 aromatic rings. The van der Waals surface area contributed by atoms with E-state index in [1.807, 2.05) is 31.2 Å². The van der Waals surface area contributed by atoms with Crippen molar-refractivity contribution >= 4 is 28.4 Å². The maximum Gasteiger partial charge on any atom is 0.416 e. The summed E-state index contributed by atoms with van der Waals surface area (Å²) < 4.78 is 82.4. The molecule has 2 aromatic heterocycles. The number of aryl methyl sites for hydroxylation is 1. The van der Waals surface area contributed by atoms with Crippen molar-refractivity contribution in [2.24, 2.45) is 11.8 Å². The SMILES string of the molecule is CNc1cnc(N(Cc2cc(C(F)(F)F)cc(C(F)(F)F)c2)Cc2cc3cccc(C)c3nc2N(CC2CC2)CC2CC2)nc1. The second-order valence-corrected chi connectivity index (χ2v) is 12.2. The van der Waals surface area contributed by atoms with Crippen molar-refractivity contribution in [3.05, 3.63) is 82.7 Å². The summed E-state index contributed by atoms with van der Waals surface area (Å²) in [5, 5.41) is 3.83. The van der Waals surface area contributed by atoms with E-state index >= 15 is 0 Å². The van der Waals surface area contributed by atoms with E-state index in [1.54, 1.807) is 11.9 Å². The van der Waals surface area contributed by atoms with Crippen LogP contribution >= 0.6 is 0 Å². The van der Waals surface area contributed by atoms with Crippen molar-refractivity contribution in [1.82, 2.24) is 15.0 Å². The Kier molecular flexibility index (Phi) is 8.26. The van der Waals surface area contributed by atoms with Gasteiger partial charge in [-0.3, -0.25) is 0 Å². The van der Waals surface area contributed by atoms with Crippen molar-refractivity contribution in [3.8, 4) is 0 Å². The molecule has 45 heavy (non-hydrogen) atoms. The zero-order chi connectivity index (χ0) is 31.9. The number of aromatic nitrogens is 3. The summed E-state index contributed by atoms with van der Waals surface area (Å²) in [6.07, 6.45) is -2.25. The standard InChI is InChI=1S/C33H34F6N6/c1-20-4-3-5-24-12-25(30(43-29(20)24)44(16-21-6-7-21)17-22-8-9-22)19-45(31-41-14-28(40-2)15-42-31)18-23-10-26(32(34,35)36)13-27(11-23)33(37,38)39/h3-5,10-15,21-22,40H,6-9,16-19H2,1-2H3. The second-order valence-electron chi connectivity index (χ2n) is 12.2. The molecule has 2 aliphatic carbocycles. The molecule has 2 fully saturated rings. The zero-order valence-corrected chi connectivity index (χ0v) is 25.0. The van der Waals surface area contributed by atoms with Gasteiger partial charge in [0.05, 0.1) is 34.7 Å². The number of nitrogens with zero attached hydrogens (tertiary/aromatic N) is 5. The fraction of sp³-hybridized carbons (Fsp3) is 0.424. The van der Waals surface area contributed by atoms with Gasteiger partial charge >= 0.3 is 12.4 Å². The first kappa shape index (κ1) is 30.9. The minimum atomic E-state index is -4.95. The molecule has 0 unspecified atom stereocenters.